The number of hydrogen-bond acceptors (Lipinski definition) is 3. The Morgan fingerprint density at radius 1 is 1.53 bits per heavy atom. The number of halogens is 3. The van der Waals surface area contributed by atoms with E-state index in [9.17, 15) is 18.0 Å². The number of aryl methyl sites for hydroxylation is 1. The van der Waals surface area contributed by atoms with E-state index in [0.29, 0.717) is 0 Å². The molecule has 1 heterocycles. The Hall–Kier alpha value is -1.59. The molecule has 17 heavy (non-hydrogen) atoms. The normalized spacial score (nSPS) is 10.7. The molecular weight excluding hydrogens is 235 g/mol. The van der Waals surface area contributed by atoms with Gasteiger partial charge in [0.05, 0.1) is 18.7 Å². The summed E-state index contributed by atoms with van der Waals surface area (Å²) in [4.78, 5) is 14.7. The summed E-state index contributed by atoms with van der Waals surface area (Å²) in [6, 6.07) is 0. The number of nitrogens with zero attached hydrogens (tertiary/aromatic N) is 1. The first kappa shape index (κ1) is 13.5. The summed E-state index contributed by atoms with van der Waals surface area (Å²) < 4.78 is 43.5. The van der Waals surface area contributed by atoms with Gasteiger partial charge >= 0.3 is 5.97 Å². The molecule has 94 valence electrons. The second kappa shape index (κ2) is 5.65. The maximum absolute atomic E-state index is 13.6. The molecule has 0 aliphatic carbocycles. The maximum Gasteiger partial charge on any atom is 0.310 e. The van der Waals surface area contributed by atoms with E-state index in [1.807, 2.05) is 0 Å². The van der Waals surface area contributed by atoms with Crippen LogP contribution in [0.1, 0.15) is 30.2 Å². The minimum Gasteiger partial charge on any atom is -0.466 e. The highest BCUT2D eigenvalue weighted by Gasteiger charge is 2.21. The summed E-state index contributed by atoms with van der Waals surface area (Å²) in [5.41, 5.74) is -0.930. The van der Waals surface area contributed by atoms with Crippen LogP contribution in [0.4, 0.5) is 13.2 Å². The number of hydrogen-bond donors (Lipinski definition) is 0. The second-order valence-corrected chi connectivity index (χ2v) is 3.37. The molecule has 0 unspecified atom stereocenters. The maximum atomic E-state index is 13.6. The second-order valence-electron chi connectivity index (χ2n) is 3.37. The van der Waals surface area contributed by atoms with Gasteiger partial charge in [-0.15, -0.1) is 0 Å². The van der Waals surface area contributed by atoms with Gasteiger partial charge in [0, 0.05) is 17.3 Å². The van der Waals surface area contributed by atoms with Crippen LogP contribution in [-0.2, 0) is 16.0 Å². The molecule has 0 fully saturated rings. The molecule has 0 saturated heterocycles. The zero-order valence-corrected chi connectivity index (χ0v) is 9.47. The van der Waals surface area contributed by atoms with Gasteiger partial charge in [0.1, 0.15) is 5.82 Å². The van der Waals surface area contributed by atoms with Crippen LogP contribution in [0.15, 0.2) is 6.20 Å². The zero-order valence-electron chi connectivity index (χ0n) is 9.47. The lowest BCUT2D eigenvalue weighted by Gasteiger charge is -2.10. The van der Waals surface area contributed by atoms with E-state index >= 15 is 0 Å². The molecule has 1 aromatic rings. The highest BCUT2D eigenvalue weighted by molar-refractivity contribution is 5.73. The molecule has 0 atom stereocenters. The van der Waals surface area contributed by atoms with Gasteiger partial charge in [-0.05, 0) is 13.8 Å². The van der Waals surface area contributed by atoms with Crippen LogP contribution in [-0.4, -0.2) is 17.6 Å². The van der Waals surface area contributed by atoms with Crippen molar-refractivity contribution in [2.75, 3.05) is 6.61 Å². The molecule has 0 amide bonds. The Bertz CT molecular complexity index is 421. The third-order valence-corrected chi connectivity index (χ3v) is 2.19. The molecular formula is C11H12F3NO2. The standard InChI is InChI=1S/C11H12F3NO2/c1-3-17-9(16)4-7-8(11(13)14)5-15-6(2)10(7)12/h5,11H,3-4H2,1-2H3. The van der Waals surface area contributed by atoms with E-state index < -0.39 is 30.2 Å². The summed E-state index contributed by atoms with van der Waals surface area (Å²) in [5, 5.41) is 0. The lowest BCUT2D eigenvalue weighted by atomic mass is 10.1. The first-order valence-corrected chi connectivity index (χ1v) is 5.05. The molecule has 0 bridgehead atoms. The molecule has 0 saturated carbocycles. The van der Waals surface area contributed by atoms with Gasteiger partial charge in [-0.25, -0.2) is 13.2 Å². The van der Waals surface area contributed by atoms with Crippen LogP contribution < -0.4 is 0 Å². The van der Waals surface area contributed by atoms with Crippen LogP contribution in [0.3, 0.4) is 0 Å². The van der Waals surface area contributed by atoms with Crippen LogP contribution in [0.5, 0.6) is 0 Å². The van der Waals surface area contributed by atoms with Crippen molar-refractivity contribution >= 4 is 5.97 Å². The Kier molecular flexibility index (Phi) is 4.48. The first-order valence-electron chi connectivity index (χ1n) is 5.05. The first-order chi connectivity index (χ1) is 7.97. The molecule has 0 N–H and O–H groups in total. The van der Waals surface area contributed by atoms with Crippen molar-refractivity contribution in [2.45, 2.75) is 26.7 Å². The average Bonchev–Trinajstić information content (AvgIpc) is 2.25. The fourth-order valence-electron chi connectivity index (χ4n) is 1.37. The minimum absolute atomic E-state index is 0.0197. The van der Waals surface area contributed by atoms with Gasteiger partial charge in [-0.1, -0.05) is 0 Å². The Balaban J connectivity index is 3.10. The van der Waals surface area contributed by atoms with Crippen molar-refractivity contribution in [3.8, 4) is 0 Å². The average molecular weight is 247 g/mol. The lowest BCUT2D eigenvalue weighted by molar-refractivity contribution is -0.142. The highest BCUT2D eigenvalue weighted by atomic mass is 19.3. The van der Waals surface area contributed by atoms with Crippen molar-refractivity contribution in [2.24, 2.45) is 0 Å². The number of pyridine rings is 1. The Morgan fingerprint density at radius 3 is 2.71 bits per heavy atom. The van der Waals surface area contributed by atoms with Gasteiger partial charge < -0.3 is 4.74 Å². The van der Waals surface area contributed by atoms with Gasteiger partial charge in [0.25, 0.3) is 6.43 Å². The molecule has 3 nitrogen and oxygen atoms in total. The lowest BCUT2D eigenvalue weighted by Crippen LogP contribution is -2.12. The molecule has 0 aliphatic heterocycles. The van der Waals surface area contributed by atoms with E-state index in [4.69, 9.17) is 0 Å². The van der Waals surface area contributed by atoms with Crippen molar-refractivity contribution in [1.82, 2.24) is 4.98 Å². The smallest absolute Gasteiger partial charge is 0.310 e. The van der Waals surface area contributed by atoms with Crippen molar-refractivity contribution < 1.29 is 22.7 Å². The zero-order chi connectivity index (χ0) is 13.0. The molecule has 1 rings (SSSR count). The van der Waals surface area contributed by atoms with Gasteiger partial charge in [-0.3, -0.25) is 9.78 Å². The number of rotatable bonds is 4. The number of aromatic nitrogens is 1. The minimum atomic E-state index is -2.87. The number of esters is 1. The van der Waals surface area contributed by atoms with Crippen LogP contribution in [0.2, 0.25) is 0 Å². The summed E-state index contributed by atoms with van der Waals surface area (Å²) in [7, 11) is 0. The molecule has 1 aromatic heterocycles. The van der Waals surface area contributed by atoms with Gasteiger partial charge in [0.2, 0.25) is 0 Å². The summed E-state index contributed by atoms with van der Waals surface area (Å²) in [6.45, 7) is 3.05. The molecule has 0 spiro atoms. The third-order valence-electron chi connectivity index (χ3n) is 2.19. The van der Waals surface area contributed by atoms with E-state index in [1.165, 1.54) is 6.92 Å². The van der Waals surface area contributed by atoms with Crippen molar-refractivity contribution in [1.29, 1.82) is 0 Å². The van der Waals surface area contributed by atoms with Crippen molar-refractivity contribution in [3.63, 3.8) is 0 Å². The molecule has 6 heteroatoms. The van der Waals surface area contributed by atoms with E-state index in [-0.39, 0.29) is 17.9 Å². The van der Waals surface area contributed by atoms with E-state index in [2.05, 4.69) is 9.72 Å². The van der Waals surface area contributed by atoms with Gasteiger partial charge in [0.15, 0.2) is 0 Å². The highest BCUT2D eigenvalue weighted by Crippen LogP contribution is 2.25. The van der Waals surface area contributed by atoms with Gasteiger partial charge in [-0.2, -0.15) is 0 Å². The fourth-order valence-corrected chi connectivity index (χ4v) is 1.37. The summed E-state index contributed by atoms with van der Waals surface area (Å²) in [5.74, 6) is -1.62. The van der Waals surface area contributed by atoms with Crippen molar-refractivity contribution in [3.05, 3.63) is 28.8 Å². The van der Waals surface area contributed by atoms with Crippen LogP contribution in [0.25, 0.3) is 0 Å². The number of alkyl halides is 2. The number of carbonyl (C=O) groups excluding carboxylic acids is 1. The number of carbonyl (C=O) groups is 1. The Labute approximate surface area is 96.6 Å². The molecule has 0 aliphatic rings. The number of ether oxygens (including phenoxy) is 1. The third kappa shape index (κ3) is 3.18. The molecule has 0 radical (unpaired) electrons. The molecule has 0 aromatic carbocycles. The largest absolute Gasteiger partial charge is 0.466 e. The predicted molar refractivity (Wildman–Crippen MR) is 54.2 cm³/mol. The van der Waals surface area contributed by atoms with E-state index in [0.717, 1.165) is 6.20 Å². The summed E-state index contributed by atoms with van der Waals surface area (Å²) in [6.07, 6.45) is -2.50. The quantitative estimate of drug-likeness (QED) is 0.767. The topological polar surface area (TPSA) is 39.2 Å². The Morgan fingerprint density at radius 2 is 2.18 bits per heavy atom. The van der Waals surface area contributed by atoms with Crippen LogP contribution >= 0.6 is 0 Å². The predicted octanol–water partition coefficient (Wildman–Crippen LogP) is 2.57. The summed E-state index contributed by atoms with van der Waals surface area (Å²) >= 11 is 0. The fraction of sp³-hybridized carbons (Fsp3) is 0.455. The SMILES string of the molecule is CCOC(=O)Cc1c(C(F)F)cnc(C)c1F. The van der Waals surface area contributed by atoms with Crippen LogP contribution in [0, 0.1) is 12.7 Å². The monoisotopic (exact) mass is 247 g/mol. The van der Waals surface area contributed by atoms with E-state index in [1.54, 1.807) is 6.92 Å².